The third-order valence-corrected chi connectivity index (χ3v) is 4.71. The maximum atomic E-state index is 12.6. The number of nitrogens with zero attached hydrogens (tertiary/aromatic N) is 3. The normalized spacial score (nSPS) is 20.9. The Morgan fingerprint density at radius 2 is 2.25 bits per heavy atom. The molecule has 0 spiro atoms. The van der Waals surface area contributed by atoms with E-state index in [9.17, 15) is 4.79 Å². The van der Waals surface area contributed by atoms with Crippen LogP contribution in [0.5, 0.6) is 5.75 Å². The minimum Gasteiger partial charge on any atom is -0.487 e. The van der Waals surface area contributed by atoms with Gasteiger partial charge in [-0.1, -0.05) is 16.8 Å². The Labute approximate surface area is 144 Å². The number of pyridine rings is 1. The van der Waals surface area contributed by atoms with E-state index in [1.807, 2.05) is 0 Å². The molecule has 4 rings (SSSR count). The van der Waals surface area contributed by atoms with E-state index in [1.54, 1.807) is 29.4 Å². The number of hydrogen-bond acceptors (Lipinski definition) is 5. The van der Waals surface area contributed by atoms with Crippen molar-refractivity contribution in [1.82, 2.24) is 15.0 Å². The number of carbonyl (C=O) groups is 1. The zero-order valence-electron chi connectivity index (χ0n) is 13.2. The molecule has 1 aliphatic heterocycles. The first-order valence-corrected chi connectivity index (χ1v) is 8.60. The first-order valence-electron chi connectivity index (χ1n) is 8.23. The van der Waals surface area contributed by atoms with Crippen molar-refractivity contribution >= 4 is 17.5 Å². The molecular formula is C17H18ClN3O3. The number of likely N-dealkylation sites (tertiary alicyclic amines) is 1. The molecule has 1 unspecified atom stereocenters. The highest BCUT2D eigenvalue weighted by molar-refractivity contribution is 6.31. The number of hydrogen-bond donors (Lipinski definition) is 0. The molecular weight excluding hydrogens is 330 g/mol. The van der Waals surface area contributed by atoms with Gasteiger partial charge in [0.2, 0.25) is 0 Å². The van der Waals surface area contributed by atoms with Crippen LogP contribution in [0.2, 0.25) is 5.02 Å². The van der Waals surface area contributed by atoms with Crippen LogP contribution in [0.3, 0.4) is 0 Å². The molecule has 7 heteroatoms. The van der Waals surface area contributed by atoms with E-state index in [2.05, 4.69) is 10.1 Å². The Bertz CT molecular complexity index is 744. The highest BCUT2D eigenvalue weighted by Crippen LogP contribution is 2.40. The first kappa shape index (κ1) is 15.4. The SMILES string of the molecule is O=C(c1cc(C2CC2)on1)N1CCCC(Oc2ccncc2Cl)C1. The number of piperidine rings is 1. The van der Waals surface area contributed by atoms with Crippen LogP contribution in [0.4, 0.5) is 0 Å². The van der Waals surface area contributed by atoms with Gasteiger partial charge in [-0.15, -0.1) is 0 Å². The van der Waals surface area contributed by atoms with Crippen molar-refractivity contribution in [2.45, 2.75) is 37.7 Å². The molecule has 6 nitrogen and oxygen atoms in total. The van der Waals surface area contributed by atoms with Crippen LogP contribution < -0.4 is 4.74 Å². The fourth-order valence-electron chi connectivity index (χ4n) is 2.97. The average Bonchev–Trinajstić information content (AvgIpc) is 3.34. The van der Waals surface area contributed by atoms with E-state index in [0.29, 0.717) is 35.5 Å². The summed E-state index contributed by atoms with van der Waals surface area (Å²) < 4.78 is 11.2. The van der Waals surface area contributed by atoms with Gasteiger partial charge in [-0.05, 0) is 25.7 Å². The van der Waals surface area contributed by atoms with Gasteiger partial charge < -0.3 is 14.2 Å². The van der Waals surface area contributed by atoms with Gasteiger partial charge in [0.15, 0.2) is 5.69 Å². The summed E-state index contributed by atoms with van der Waals surface area (Å²) in [7, 11) is 0. The maximum Gasteiger partial charge on any atom is 0.276 e. The van der Waals surface area contributed by atoms with Gasteiger partial charge in [-0.2, -0.15) is 0 Å². The van der Waals surface area contributed by atoms with Gasteiger partial charge in [-0.3, -0.25) is 9.78 Å². The van der Waals surface area contributed by atoms with Crippen LogP contribution in [0.1, 0.15) is 47.8 Å². The summed E-state index contributed by atoms with van der Waals surface area (Å²) in [6.45, 7) is 1.22. The Balaban J connectivity index is 1.42. The molecule has 1 aliphatic carbocycles. The summed E-state index contributed by atoms with van der Waals surface area (Å²) in [5.41, 5.74) is 0.388. The Kier molecular flexibility index (Phi) is 4.14. The molecule has 1 saturated heterocycles. The van der Waals surface area contributed by atoms with Crippen molar-refractivity contribution in [2.75, 3.05) is 13.1 Å². The van der Waals surface area contributed by atoms with Crippen molar-refractivity contribution in [1.29, 1.82) is 0 Å². The topological polar surface area (TPSA) is 68.5 Å². The van der Waals surface area contributed by atoms with Crippen LogP contribution in [0.15, 0.2) is 29.0 Å². The monoisotopic (exact) mass is 347 g/mol. The second-order valence-electron chi connectivity index (χ2n) is 6.33. The van der Waals surface area contributed by atoms with Crippen molar-refractivity contribution in [2.24, 2.45) is 0 Å². The smallest absolute Gasteiger partial charge is 0.276 e. The first-order chi connectivity index (χ1) is 11.7. The van der Waals surface area contributed by atoms with Crippen LogP contribution in [0, 0.1) is 0 Å². The molecule has 1 atom stereocenters. The van der Waals surface area contributed by atoms with E-state index in [1.165, 1.54) is 0 Å². The second kappa shape index (κ2) is 6.43. The van der Waals surface area contributed by atoms with Gasteiger partial charge in [0.05, 0.1) is 6.54 Å². The molecule has 2 aromatic heterocycles. The third-order valence-electron chi connectivity index (χ3n) is 4.42. The molecule has 126 valence electrons. The molecule has 0 aromatic carbocycles. The number of aromatic nitrogens is 2. The number of ether oxygens (including phenoxy) is 1. The highest BCUT2D eigenvalue weighted by atomic mass is 35.5. The summed E-state index contributed by atoms with van der Waals surface area (Å²) in [5, 5.41) is 4.42. The van der Waals surface area contributed by atoms with Crippen LogP contribution in [-0.2, 0) is 0 Å². The molecule has 3 heterocycles. The molecule has 1 saturated carbocycles. The Morgan fingerprint density at radius 3 is 3.04 bits per heavy atom. The van der Waals surface area contributed by atoms with Crippen molar-refractivity contribution in [3.8, 4) is 5.75 Å². The Hall–Kier alpha value is -2.08. The van der Waals surface area contributed by atoms with E-state index in [0.717, 1.165) is 31.4 Å². The lowest BCUT2D eigenvalue weighted by Crippen LogP contribution is -2.44. The standard InChI is InChI=1S/C17H18ClN3O3/c18-13-9-19-6-5-15(13)23-12-2-1-7-21(10-12)17(22)14-8-16(24-20-14)11-3-4-11/h5-6,8-9,11-12H,1-4,7,10H2. The lowest BCUT2D eigenvalue weighted by Gasteiger charge is -2.32. The molecule has 2 fully saturated rings. The zero-order valence-corrected chi connectivity index (χ0v) is 13.9. The second-order valence-corrected chi connectivity index (χ2v) is 6.74. The van der Waals surface area contributed by atoms with Crippen LogP contribution in [0.25, 0.3) is 0 Å². The number of carbonyl (C=O) groups excluding carboxylic acids is 1. The summed E-state index contributed by atoms with van der Waals surface area (Å²) in [5.74, 6) is 1.78. The van der Waals surface area contributed by atoms with Crippen molar-refractivity contribution in [3.63, 3.8) is 0 Å². The van der Waals surface area contributed by atoms with Crippen molar-refractivity contribution < 1.29 is 14.1 Å². The fraction of sp³-hybridized carbons (Fsp3) is 0.471. The lowest BCUT2D eigenvalue weighted by atomic mass is 10.1. The molecule has 24 heavy (non-hydrogen) atoms. The summed E-state index contributed by atoms with van der Waals surface area (Å²) in [6, 6.07) is 3.52. The Morgan fingerprint density at radius 1 is 1.38 bits per heavy atom. The van der Waals surface area contributed by atoms with Crippen molar-refractivity contribution in [3.05, 3.63) is 41.0 Å². The van der Waals surface area contributed by atoms with Gasteiger partial charge in [0.25, 0.3) is 5.91 Å². The number of halogens is 1. The van der Waals surface area contributed by atoms with Crippen LogP contribution >= 0.6 is 11.6 Å². The minimum atomic E-state index is -0.0974. The molecule has 2 aromatic rings. The summed E-state index contributed by atoms with van der Waals surface area (Å²) in [4.78, 5) is 18.4. The third kappa shape index (κ3) is 3.24. The van der Waals surface area contributed by atoms with E-state index in [-0.39, 0.29) is 12.0 Å². The fourth-order valence-corrected chi connectivity index (χ4v) is 3.13. The van der Waals surface area contributed by atoms with Gasteiger partial charge in [-0.25, -0.2) is 0 Å². The predicted molar refractivity (Wildman–Crippen MR) is 87.3 cm³/mol. The molecule has 1 amide bonds. The van der Waals surface area contributed by atoms with Gasteiger partial charge >= 0.3 is 0 Å². The quantitative estimate of drug-likeness (QED) is 0.849. The summed E-state index contributed by atoms with van der Waals surface area (Å²) in [6.07, 6.45) is 7.11. The van der Waals surface area contributed by atoms with Gasteiger partial charge in [0, 0.05) is 37.0 Å². The number of rotatable bonds is 4. The van der Waals surface area contributed by atoms with E-state index in [4.69, 9.17) is 20.9 Å². The molecule has 2 aliphatic rings. The van der Waals surface area contributed by atoms with E-state index >= 15 is 0 Å². The largest absolute Gasteiger partial charge is 0.487 e. The van der Waals surface area contributed by atoms with Crippen LogP contribution in [-0.4, -0.2) is 40.1 Å². The zero-order chi connectivity index (χ0) is 16.5. The molecule has 0 bridgehead atoms. The predicted octanol–water partition coefficient (Wildman–Crippen LogP) is 3.28. The average molecular weight is 348 g/mol. The lowest BCUT2D eigenvalue weighted by molar-refractivity contribution is 0.0529. The van der Waals surface area contributed by atoms with E-state index < -0.39 is 0 Å². The number of amides is 1. The molecule has 0 N–H and O–H groups in total. The van der Waals surface area contributed by atoms with Gasteiger partial charge in [0.1, 0.15) is 22.6 Å². The molecule has 0 radical (unpaired) electrons. The maximum absolute atomic E-state index is 12.6. The summed E-state index contributed by atoms with van der Waals surface area (Å²) >= 11 is 6.09. The minimum absolute atomic E-state index is 0.0857. The highest BCUT2D eigenvalue weighted by Gasteiger charge is 2.31.